The van der Waals surface area contributed by atoms with Crippen LogP contribution in [0.3, 0.4) is 0 Å². The molecule has 0 fully saturated rings. The Kier molecular flexibility index (Phi) is 1.61. The van der Waals surface area contributed by atoms with E-state index in [-0.39, 0.29) is 11.9 Å². The van der Waals surface area contributed by atoms with Gasteiger partial charge in [0.05, 0.1) is 5.56 Å². The number of hydrogen-bond acceptors (Lipinski definition) is 2. The first kappa shape index (κ1) is 7.35. The van der Waals surface area contributed by atoms with Gasteiger partial charge in [-0.05, 0) is 19.1 Å². The zero-order valence-electron chi connectivity index (χ0n) is 6.91. The highest BCUT2D eigenvalue weighted by atomic mass is 16.5. The summed E-state index contributed by atoms with van der Waals surface area (Å²) < 4.78 is 5.48. The molecule has 2 heteroatoms. The molecule has 0 saturated carbocycles. The van der Waals surface area contributed by atoms with Crippen LogP contribution in [0.25, 0.3) is 0 Å². The van der Waals surface area contributed by atoms with Crippen LogP contribution in [0, 0.1) is 0 Å². The minimum atomic E-state index is 0.0207. The number of carbonyl (C=O) groups excluding carboxylic acids is 1. The Bertz CT molecular complexity index is 317. The molecule has 0 bridgehead atoms. The highest BCUT2D eigenvalue weighted by Crippen LogP contribution is 2.26. The summed E-state index contributed by atoms with van der Waals surface area (Å²) in [5.74, 6) is 0.908. The number of Topliss-reactive ketones (excluding diaryl/α,β-unsaturated/α-hetero) is 1. The van der Waals surface area contributed by atoms with E-state index in [0.29, 0.717) is 6.42 Å². The van der Waals surface area contributed by atoms with Crippen molar-refractivity contribution >= 4 is 5.78 Å². The third kappa shape index (κ3) is 1.09. The summed E-state index contributed by atoms with van der Waals surface area (Å²) in [6.07, 6.45) is 0.518. The standard InChI is InChI=1S/C10H10O2/c1-7-6-9(11)8-4-2-3-5-10(8)12-7/h2-5,7H,6H2,1H3/t7-/m0/s1. The molecule has 1 aromatic carbocycles. The Morgan fingerprint density at radius 2 is 2.17 bits per heavy atom. The van der Waals surface area contributed by atoms with Gasteiger partial charge < -0.3 is 4.74 Å². The highest BCUT2D eigenvalue weighted by Gasteiger charge is 2.22. The number of carbonyl (C=O) groups is 1. The van der Waals surface area contributed by atoms with Gasteiger partial charge in [0, 0.05) is 6.42 Å². The second kappa shape index (κ2) is 2.63. The largest absolute Gasteiger partial charge is 0.489 e. The fourth-order valence-corrected chi connectivity index (χ4v) is 1.43. The van der Waals surface area contributed by atoms with Gasteiger partial charge in [-0.25, -0.2) is 0 Å². The Morgan fingerprint density at radius 1 is 1.42 bits per heavy atom. The predicted molar refractivity (Wildman–Crippen MR) is 45.5 cm³/mol. The molecule has 0 aliphatic carbocycles. The van der Waals surface area contributed by atoms with Crippen molar-refractivity contribution in [2.75, 3.05) is 0 Å². The smallest absolute Gasteiger partial charge is 0.170 e. The lowest BCUT2D eigenvalue weighted by Gasteiger charge is -2.21. The molecule has 0 amide bonds. The molecular weight excluding hydrogens is 152 g/mol. The number of ether oxygens (including phenoxy) is 1. The minimum Gasteiger partial charge on any atom is -0.489 e. The summed E-state index contributed by atoms with van der Waals surface area (Å²) in [6, 6.07) is 7.38. The van der Waals surface area contributed by atoms with Crippen LogP contribution >= 0.6 is 0 Å². The van der Waals surface area contributed by atoms with Crippen LogP contribution < -0.4 is 4.74 Å². The number of rotatable bonds is 0. The lowest BCUT2D eigenvalue weighted by molar-refractivity contribution is 0.0871. The maximum atomic E-state index is 11.4. The molecule has 2 nitrogen and oxygen atoms in total. The van der Waals surface area contributed by atoms with Crippen molar-refractivity contribution in [1.82, 2.24) is 0 Å². The molecule has 1 heterocycles. The Labute approximate surface area is 71.2 Å². The summed E-state index contributed by atoms with van der Waals surface area (Å²) >= 11 is 0. The number of ketones is 1. The minimum absolute atomic E-state index is 0.0207. The van der Waals surface area contributed by atoms with E-state index in [9.17, 15) is 4.79 Å². The van der Waals surface area contributed by atoms with E-state index >= 15 is 0 Å². The van der Waals surface area contributed by atoms with Crippen LogP contribution in [-0.2, 0) is 0 Å². The summed E-state index contributed by atoms with van der Waals surface area (Å²) in [5, 5.41) is 0. The SMILES string of the molecule is C[C@H]1CC(=O)c2ccccc2O1. The van der Waals surface area contributed by atoms with E-state index in [1.54, 1.807) is 0 Å². The van der Waals surface area contributed by atoms with Crippen molar-refractivity contribution in [3.05, 3.63) is 29.8 Å². The van der Waals surface area contributed by atoms with Crippen molar-refractivity contribution in [1.29, 1.82) is 0 Å². The van der Waals surface area contributed by atoms with Gasteiger partial charge >= 0.3 is 0 Å². The summed E-state index contributed by atoms with van der Waals surface area (Å²) in [6.45, 7) is 1.91. The number of hydrogen-bond donors (Lipinski definition) is 0. The second-order valence-corrected chi connectivity index (χ2v) is 3.05. The molecule has 0 aromatic heterocycles. The van der Waals surface area contributed by atoms with Gasteiger partial charge in [0.2, 0.25) is 0 Å². The van der Waals surface area contributed by atoms with Gasteiger partial charge in [0.25, 0.3) is 0 Å². The van der Waals surface area contributed by atoms with Crippen molar-refractivity contribution < 1.29 is 9.53 Å². The molecule has 1 atom stereocenters. The molecule has 0 spiro atoms. The van der Waals surface area contributed by atoms with E-state index in [4.69, 9.17) is 4.74 Å². The first-order chi connectivity index (χ1) is 5.77. The second-order valence-electron chi connectivity index (χ2n) is 3.05. The van der Waals surface area contributed by atoms with Crippen LogP contribution in [0.15, 0.2) is 24.3 Å². The average molecular weight is 162 g/mol. The first-order valence-electron chi connectivity index (χ1n) is 4.06. The zero-order valence-corrected chi connectivity index (χ0v) is 6.91. The summed E-state index contributed by atoms with van der Waals surface area (Å²) in [7, 11) is 0. The first-order valence-corrected chi connectivity index (χ1v) is 4.06. The van der Waals surface area contributed by atoms with Crippen molar-refractivity contribution in [2.24, 2.45) is 0 Å². The third-order valence-electron chi connectivity index (χ3n) is 1.99. The Morgan fingerprint density at radius 3 is 3.00 bits per heavy atom. The third-order valence-corrected chi connectivity index (χ3v) is 1.99. The van der Waals surface area contributed by atoms with E-state index in [1.807, 2.05) is 31.2 Å². The zero-order chi connectivity index (χ0) is 8.55. The molecule has 2 rings (SSSR count). The lowest BCUT2D eigenvalue weighted by atomic mass is 10.0. The Hall–Kier alpha value is -1.31. The fourth-order valence-electron chi connectivity index (χ4n) is 1.43. The molecule has 0 unspecified atom stereocenters. The fraction of sp³-hybridized carbons (Fsp3) is 0.300. The van der Waals surface area contributed by atoms with Crippen LogP contribution in [0.2, 0.25) is 0 Å². The molecule has 1 aliphatic rings. The topological polar surface area (TPSA) is 26.3 Å². The number of para-hydroxylation sites is 1. The van der Waals surface area contributed by atoms with Gasteiger partial charge in [0.15, 0.2) is 5.78 Å². The maximum absolute atomic E-state index is 11.4. The van der Waals surface area contributed by atoms with Crippen LogP contribution in [-0.4, -0.2) is 11.9 Å². The van der Waals surface area contributed by atoms with Gasteiger partial charge in [0.1, 0.15) is 11.9 Å². The van der Waals surface area contributed by atoms with Crippen LogP contribution in [0.1, 0.15) is 23.7 Å². The predicted octanol–water partition coefficient (Wildman–Crippen LogP) is 2.04. The molecular formula is C10H10O2. The number of fused-ring (bicyclic) bond motifs is 1. The monoisotopic (exact) mass is 162 g/mol. The van der Waals surface area contributed by atoms with E-state index in [2.05, 4.69) is 0 Å². The van der Waals surface area contributed by atoms with Crippen molar-refractivity contribution in [3.8, 4) is 5.75 Å². The highest BCUT2D eigenvalue weighted by molar-refractivity contribution is 5.99. The summed E-state index contributed by atoms with van der Waals surface area (Å²) in [5.41, 5.74) is 0.718. The maximum Gasteiger partial charge on any atom is 0.170 e. The quantitative estimate of drug-likeness (QED) is 0.583. The molecule has 0 radical (unpaired) electrons. The van der Waals surface area contributed by atoms with Gasteiger partial charge in [-0.1, -0.05) is 12.1 Å². The average Bonchev–Trinajstić information content (AvgIpc) is 2.04. The van der Waals surface area contributed by atoms with Gasteiger partial charge in [-0.3, -0.25) is 4.79 Å². The van der Waals surface area contributed by atoms with Crippen LogP contribution in [0.4, 0.5) is 0 Å². The van der Waals surface area contributed by atoms with Gasteiger partial charge in [-0.15, -0.1) is 0 Å². The Balaban J connectivity index is 2.47. The molecule has 0 N–H and O–H groups in total. The summed E-state index contributed by atoms with van der Waals surface area (Å²) in [4.78, 5) is 11.4. The van der Waals surface area contributed by atoms with Gasteiger partial charge in [-0.2, -0.15) is 0 Å². The molecule has 62 valence electrons. The molecule has 0 saturated heterocycles. The lowest BCUT2D eigenvalue weighted by Crippen LogP contribution is -2.23. The molecule has 12 heavy (non-hydrogen) atoms. The van der Waals surface area contributed by atoms with Crippen molar-refractivity contribution in [3.63, 3.8) is 0 Å². The van der Waals surface area contributed by atoms with Crippen molar-refractivity contribution in [2.45, 2.75) is 19.4 Å². The number of benzene rings is 1. The van der Waals surface area contributed by atoms with Crippen LogP contribution in [0.5, 0.6) is 5.75 Å². The van der Waals surface area contributed by atoms with E-state index in [0.717, 1.165) is 11.3 Å². The normalized spacial score (nSPS) is 21.4. The molecule has 1 aliphatic heterocycles. The molecule has 1 aromatic rings. The van der Waals surface area contributed by atoms with E-state index in [1.165, 1.54) is 0 Å². The van der Waals surface area contributed by atoms with E-state index < -0.39 is 0 Å².